The quantitative estimate of drug-likeness (QED) is 0.855. The summed E-state index contributed by atoms with van der Waals surface area (Å²) < 4.78 is 5.52. The van der Waals surface area contributed by atoms with Crippen molar-refractivity contribution in [2.24, 2.45) is 0 Å². The zero-order valence-corrected chi connectivity index (χ0v) is 12.1. The van der Waals surface area contributed by atoms with Crippen LogP contribution in [0.4, 0.5) is 5.69 Å². The first kappa shape index (κ1) is 14.4. The Balaban J connectivity index is 2.19. The highest BCUT2D eigenvalue weighted by Gasteiger charge is 2.29. The molecule has 1 atom stereocenters. The Morgan fingerprint density at radius 2 is 2.20 bits per heavy atom. The maximum atomic E-state index is 12.0. The molecule has 0 aromatic heterocycles. The van der Waals surface area contributed by atoms with E-state index < -0.39 is 6.10 Å². The zero-order valence-electron chi connectivity index (χ0n) is 12.1. The molecule has 1 aliphatic rings. The topological polar surface area (TPSA) is 58.6 Å². The van der Waals surface area contributed by atoms with E-state index in [0.29, 0.717) is 23.5 Å². The van der Waals surface area contributed by atoms with Crippen LogP contribution in [0.5, 0.6) is 5.75 Å². The van der Waals surface area contributed by atoms with Gasteiger partial charge in [-0.25, -0.2) is 0 Å². The van der Waals surface area contributed by atoms with Crippen LogP contribution in [0.25, 0.3) is 0 Å². The number of anilines is 1. The van der Waals surface area contributed by atoms with Crippen LogP contribution < -0.4 is 15.0 Å². The fourth-order valence-electron chi connectivity index (χ4n) is 2.13. The molecule has 0 radical (unpaired) electrons. The number of benzene rings is 1. The third-order valence-corrected chi connectivity index (χ3v) is 3.38. The monoisotopic (exact) mass is 276 g/mol. The van der Waals surface area contributed by atoms with Gasteiger partial charge in [-0.3, -0.25) is 9.59 Å². The number of hydrogen-bond acceptors (Lipinski definition) is 3. The minimum atomic E-state index is -0.489. The van der Waals surface area contributed by atoms with Crippen molar-refractivity contribution in [2.45, 2.75) is 32.8 Å². The summed E-state index contributed by atoms with van der Waals surface area (Å²) in [6, 6.07) is 5.15. The van der Waals surface area contributed by atoms with E-state index in [0.717, 1.165) is 12.8 Å². The molecule has 20 heavy (non-hydrogen) atoms. The molecule has 0 aliphatic carbocycles. The first-order chi connectivity index (χ1) is 9.54. The lowest BCUT2D eigenvalue weighted by Crippen LogP contribution is -2.42. The minimum Gasteiger partial charge on any atom is -0.479 e. The molecule has 1 aliphatic heterocycles. The Kier molecular flexibility index (Phi) is 4.27. The normalized spacial score (nSPS) is 17.4. The average molecular weight is 276 g/mol. The lowest BCUT2D eigenvalue weighted by Gasteiger charge is -2.30. The van der Waals surface area contributed by atoms with Gasteiger partial charge in [0, 0.05) is 19.2 Å². The molecule has 0 bridgehead atoms. The van der Waals surface area contributed by atoms with Crippen molar-refractivity contribution in [1.82, 2.24) is 5.32 Å². The molecule has 0 saturated carbocycles. The van der Waals surface area contributed by atoms with Crippen molar-refractivity contribution < 1.29 is 14.3 Å². The molecular formula is C15H20N2O3. The number of amides is 2. The first-order valence-electron chi connectivity index (χ1n) is 6.91. The van der Waals surface area contributed by atoms with Gasteiger partial charge in [-0.15, -0.1) is 0 Å². The number of fused-ring (bicyclic) bond motifs is 1. The van der Waals surface area contributed by atoms with Crippen LogP contribution in [0.1, 0.15) is 37.0 Å². The smallest absolute Gasteiger partial charge is 0.267 e. The molecule has 1 N–H and O–H groups in total. The lowest BCUT2D eigenvalue weighted by atomic mass is 10.1. The molecule has 1 heterocycles. The Labute approximate surface area is 118 Å². The van der Waals surface area contributed by atoms with Gasteiger partial charge in [0.1, 0.15) is 5.75 Å². The van der Waals surface area contributed by atoms with Gasteiger partial charge in [0.15, 0.2) is 6.10 Å². The molecule has 1 aromatic carbocycles. The molecule has 5 heteroatoms. The summed E-state index contributed by atoms with van der Waals surface area (Å²) in [5.41, 5.74) is 1.17. The highest BCUT2D eigenvalue weighted by molar-refractivity contribution is 6.02. The van der Waals surface area contributed by atoms with Gasteiger partial charge < -0.3 is 15.0 Å². The van der Waals surface area contributed by atoms with E-state index in [4.69, 9.17) is 4.74 Å². The molecule has 0 spiro atoms. The lowest BCUT2D eigenvalue weighted by molar-refractivity contribution is -0.125. The van der Waals surface area contributed by atoms with Gasteiger partial charge in [-0.1, -0.05) is 13.3 Å². The number of ether oxygens (including phenoxy) is 1. The molecule has 1 unspecified atom stereocenters. The van der Waals surface area contributed by atoms with Crippen LogP contribution in [0, 0.1) is 0 Å². The molecular weight excluding hydrogens is 256 g/mol. The van der Waals surface area contributed by atoms with E-state index in [-0.39, 0.29) is 11.8 Å². The molecule has 0 saturated heterocycles. The van der Waals surface area contributed by atoms with Crippen molar-refractivity contribution in [3.8, 4) is 5.75 Å². The van der Waals surface area contributed by atoms with Crippen LogP contribution >= 0.6 is 0 Å². The Bertz CT molecular complexity index is 528. The number of nitrogens with zero attached hydrogens (tertiary/aromatic N) is 1. The van der Waals surface area contributed by atoms with E-state index in [2.05, 4.69) is 12.2 Å². The summed E-state index contributed by atoms with van der Waals surface area (Å²) in [6.45, 7) is 4.45. The summed E-state index contributed by atoms with van der Waals surface area (Å²) in [4.78, 5) is 25.4. The third-order valence-electron chi connectivity index (χ3n) is 3.38. The summed E-state index contributed by atoms with van der Waals surface area (Å²) in [7, 11) is 1.69. The van der Waals surface area contributed by atoms with Gasteiger partial charge >= 0.3 is 0 Å². The van der Waals surface area contributed by atoms with E-state index >= 15 is 0 Å². The number of unbranched alkanes of at least 4 members (excludes halogenated alkanes) is 1. The SMILES string of the molecule is CCCCNC(=O)c1ccc2c(c1)N(C)C(=O)C(C)O2. The van der Waals surface area contributed by atoms with Gasteiger partial charge in [-0.05, 0) is 31.5 Å². The second-order valence-electron chi connectivity index (χ2n) is 4.95. The number of carbonyl (C=O) groups excluding carboxylic acids is 2. The van der Waals surface area contributed by atoms with Crippen molar-refractivity contribution in [3.63, 3.8) is 0 Å². The minimum absolute atomic E-state index is 0.110. The molecule has 2 rings (SSSR count). The molecule has 1 aromatic rings. The number of carbonyl (C=O) groups is 2. The Hall–Kier alpha value is -2.04. The second kappa shape index (κ2) is 5.94. The molecule has 0 fully saturated rings. The van der Waals surface area contributed by atoms with E-state index in [1.807, 2.05) is 0 Å². The second-order valence-corrected chi connectivity index (χ2v) is 4.95. The van der Waals surface area contributed by atoms with Crippen molar-refractivity contribution in [1.29, 1.82) is 0 Å². The summed E-state index contributed by atoms with van der Waals surface area (Å²) in [5, 5.41) is 2.86. The maximum absolute atomic E-state index is 12.0. The summed E-state index contributed by atoms with van der Waals surface area (Å²) in [5.74, 6) is 0.395. The maximum Gasteiger partial charge on any atom is 0.267 e. The number of hydrogen-bond donors (Lipinski definition) is 1. The standard InChI is InChI=1S/C15H20N2O3/c1-4-5-8-16-14(18)11-6-7-13-12(9-11)17(3)15(19)10(2)20-13/h6-7,9-10H,4-5,8H2,1-3H3,(H,16,18). The van der Waals surface area contributed by atoms with Crippen LogP contribution in [0.15, 0.2) is 18.2 Å². The van der Waals surface area contributed by atoms with Crippen molar-refractivity contribution in [3.05, 3.63) is 23.8 Å². The first-order valence-corrected chi connectivity index (χ1v) is 6.91. The van der Waals surface area contributed by atoms with Crippen molar-refractivity contribution >= 4 is 17.5 Å². The number of rotatable bonds is 4. The summed E-state index contributed by atoms with van der Waals surface area (Å²) in [6.07, 6.45) is 1.50. The third kappa shape index (κ3) is 2.76. The van der Waals surface area contributed by atoms with Crippen molar-refractivity contribution in [2.75, 3.05) is 18.5 Å². The van der Waals surface area contributed by atoms with Gasteiger partial charge in [-0.2, -0.15) is 0 Å². The Morgan fingerprint density at radius 3 is 2.90 bits per heavy atom. The highest BCUT2D eigenvalue weighted by atomic mass is 16.5. The summed E-state index contributed by atoms with van der Waals surface area (Å²) >= 11 is 0. The van der Waals surface area contributed by atoms with E-state index in [1.54, 1.807) is 32.2 Å². The van der Waals surface area contributed by atoms with Gasteiger partial charge in [0.05, 0.1) is 5.69 Å². The fraction of sp³-hybridized carbons (Fsp3) is 0.467. The van der Waals surface area contributed by atoms with Crippen LogP contribution in [-0.4, -0.2) is 31.5 Å². The largest absolute Gasteiger partial charge is 0.479 e. The van der Waals surface area contributed by atoms with Gasteiger partial charge in [0.25, 0.3) is 11.8 Å². The zero-order chi connectivity index (χ0) is 14.7. The predicted molar refractivity (Wildman–Crippen MR) is 77.2 cm³/mol. The molecule has 108 valence electrons. The van der Waals surface area contributed by atoms with Crippen LogP contribution in [0.3, 0.4) is 0 Å². The van der Waals surface area contributed by atoms with Gasteiger partial charge in [0.2, 0.25) is 0 Å². The molecule has 2 amide bonds. The highest BCUT2D eigenvalue weighted by Crippen LogP contribution is 2.33. The van der Waals surface area contributed by atoms with E-state index in [9.17, 15) is 9.59 Å². The number of nitrogens with one attached hydrogen (secondary N) is 1. The molecule has 5 nitrogen and oxygen atoms in total. The predicted octanol–water partition coefficient (Wildman–Crippen LogP) is 1.96. The van der Waals surface area contributed by atoms with E-state index in [1.165, 1.54) is 4.90 Å². The Morgan fingerprint density at radius 1 is 1.45 bits per heavy atom. The fourth-order valence-corrected chi connectivity index (χ4v) is 2.13. The average Bonchev–Trinajstić information content (AvgIpc) is 2.45. The number of likely N-dealkylation sites (N-methyl/N-ethyl adjacent to an activating group) is 1. The van der Waals surface area contributed by atoms with Crippen LogP contribution in [-0.2, 0) is 4.79 Å². The van der Waals surface area contributed by atoms with Crippen LogP contribution in [0.2, 0.25) is 0 Å².